The van der Waals surface area contributed by atoms with Gasteiger partial charge >= 0.3 is 0 Å². The zero-order valence-electron chi connectivity index (χ0n) is 10.5. The number of rotatable bonds is 10. The Bertz CT molecular complexity index is 261. The van der Waals surface area contributed by atoms with Gasteiger partial charge in [-0.3, -0.25) is 0 Å². The Morgan fingerprint density at radius 2 is 0.941 bits per heavy atom. The van der Waals surface area contributed by atoms with Crippen LogP contribution >= 0.6 is 15.8 Å². The molecular weight excluding hydrogens is 242 g/mol. The van der Waals surface area contributed by atoms with Gasteiger partial charge in [0.2, 0.25) is 0 Å². The maximum atomic E-state index is 3.79. The summed E-state index contributed by atoms with van der Waals surface area (Å²) in [5.74, 6) is 4.39. The number of hydrogen-bond acceptors (Lipinski definition) is 0. The molecule has 0 aliphatic heterocycles. The molecule has 0 bridgehead atoms. The van der Waals surface area contributed by atoms with Crippen LogP contribution in [-0.4, -0.2) is 24.6 Å². The van der Waals surface area contributed by atoms with Crippen molar-refractivity contribution >= 4 is 15.8 Å². The molecule has 0 spiro atoms. The second-order valence-electron chi connectivity index (χ2n) is 3.49. The van der Waals surface area contributed by atoms with Crippen molar-refractivity contribution in [2.24, 2.45) is 0 Å². The first-order valence-corrected chi connectivity index (χ1v) is 9.19. The van der Waals surface area contributed by atoms with Crippen molar-refractivity contribution in [2.75, 3.05) is 24.6 Å². The Labute approximate surface area is 109 Å². The van der Waals surface area contributed by atoms with Crippen molar-refractivity contribution in [3.8, 4) is 0 Å². The summed E-state index contributed by atoms with van der Waals surface area (Å²) in [5, 5.41) is 0. The fourth-order valence-electron chi connectivity index (χ4n) is 1.27. The van der Waals surface area contributed by atoms with Crippen molar-refractivity contribution in [3.63, 3.8) is 0 Å². The molecule has 2 heteroatoms. The van der Waals surface area contributed by atoms with Crippen LogP contribution in [0.1, 0.15) is 0 Å². The third-order valence-corrected chi connectivity index (χ3v) is 5.91. The maximum absolute atomic E-state index is 3.79. The molecule has 0 aliphatic rings. The Balaban J connectivity index is 4.47. The SMILES string of the molecule is C=CCP(C=C=CP(CC=C)CC=C)CC=C. The van der Waals surface area contributed by atoms with Crippen LogP contribution in [-0.2, 0) is 0 Å². The smallest absolute Gasteiger partial charge is 0.0104 e. The van der Waals surface area contributed by atoms with Gasteiger partial charge in [-0.25, -0.2) is 0 Å². The monoisotopic (exact) mass is 264 g/mol. The van der Waals surface area contributed by atoms with Crippen molar-refractivity contribution in [2.45, 2.75) is 0 Å². The molecule has 0 saturated carbocycles. The second-order valence-corrected chi connectivity index (χ2v) is 7.82. The first-order chi connectivity index (χ1) is 8.28. The highest BCUT2D eigenvalue weighted by atomic mass is 31.1. The summed E-state index contributed by atoms with van der Waals surface area (Å²) in [6.45, 7) is 15.1. The van der Waals surface area contributed by atoms with Gasteiger partial charge in [0.15, 0.2) is 0 Å². The highest BCUT2D eigenvalue weighted by Gasteiger charge is 1.99. The molecule has 0 radical (unpaired) electrons. The molecule has 92 valence electrons. The van der Waals surface area contributed by atoms with Crippen LogP contribution < -0.4 is 0 Å². The van der Waals surface area contributed by atoms with E-state index in [1.165, 1.54) is 0 Å². The molecule has 0 atom stereocenters. The zero-order valence-corrected chi connectivity index (χ0v) is 12.3. The van der Waals surface area contributed by atoms with Gasteiger partial charge < -0.3 is 0 Å². The largest absolute Gasteiger partial charge is 0.120 e. The first-order valence-electron chi connectivity index (χ1n) is 5.62. The lowest BCUT2D eigenvalue weighted by atomic mass is 10.7. The standard InChI is InChI=1S/C15H22P2/c1-5-10-16(11-6-2)14-9-15-17(12-7-3)13-8-4/h5-8,14-15H,1-4,10-13H2. The van der Waals surface area contributed by atoms with Crippen molar-refractivity contribution in [1.82, 2.24) is 0 Å². The molecule has 0 aromatic carbocycles. The summed E-state index contributed by atoms with van der Waals surface area (Å²) >= 11 is 0. The van der Waals surface area contributed by atoms with Crippen LogP contribution in [0, 0.1) is 0 Å². The summed E-state index contributed by atoms with van der Waals surface area (Å²) in [7, 11) is -0.310. The molecule has 0 nitrogen and oxygen atoms in total. The molecule has 0 rings (SSSR count). The number of allylic oxidation sites excluding steroid dienone is 4. The van der Waals surface area contributed by atoms with Gasteiger partial charge in [-0.15, -0.1) is 32.0 Å². The Hall–Kier alpha value is -0.660. The van der Waals surface area contributed by atoms with E-state index in [4.69, 9.17) is 0 Å². The Kier molecular flexibility index (Phi) is 11.4. The molecule has 17 heavy (non-hydrogen) atoms. The first kappa shape index (κ1) is 16.3. The van der Waals surface area contributed by atoms with E-state index in [0.29, 0.717) is 0 Å². The van der Waals surface area contributed by atoms with E-state index in [2.05, 4.69) is 43.7 Å². The lowest BCUT2D eigenvalue weighted by molar-refractivity contribution is 1.67. The summed E-state index contributed by atoms with van der Waals surface area (Å²) in [6.07, 6.45) is 12.1. The number of hydrogen-bond donors (Lipinski definition) is 0. The second kappa shape index (κ2) is 11.8. The van der Waals surface area contributed by atoms with Crippen LogP contribution in [0.15, 0.2) is 68.0 Å². The summed E-state index contributed by atoms with van der Waals surface area (Å²) in [4.78, 5) is 0. The van der Waals surface area contributed by atoms with E-state index >= 15 is 0 Å². The van der Waals surface area contributed by atoms with E-state index < -0.39 is 0 Å². The van der Waals surface area contributed by atoms with Gasteiger partial charge in [0.25, 0.3) is 0 Å². The summed E-state index contributed by atoms with van der Waals surface area (Å²) < 4.78 is 0. The van der Waals surface area contributed by atoms with Crippen molar-refractivity contribution in [1.29, 1.82) is 0 Å². The molecular formula is C15H22P2. The third kappa shape index (κ3) is 9.08. The van der Waals surface area contributed by atoms with Crippen LogP contribution in [0.4, 0.5) is 0 Å². The highest BCUT2D eigenvalue weighted by Crippen LogP contribution is 2.39. The average molecular weight is 264 g/mol. The van der Waals surface area contributed by atoms with E-state index in [9.17, 15) is 0 Å². The molecule has 0 N–H and O–H groups in total. The topological polar surface area (TPSA) is 0 Å². The molecule has 0 saturated heterocycles. The van der Waals surface area contributed by atoms with E-state index in [0.717, 1.165) is 24.6 Å². The van der Waals surface area contributed by atoms with Gasteiger partial charge in [-0.2, -0.15) is 0 Å². The predicted molar refractivity (Wildman–Crippen MR) is 86.7 cm³/mol. The molecule has 0 heterocycles. The predicted octanol–water partition coefficient (Wildman–Crippen LogP) is 5.32. The van der Waals surface area contributed by atoms with Crippen LogP contribution in [0.3, 0.4) is 0 Å². The average Bonchev–Trinajstić information content (AvgIpc) is 2.30. The minimum absolute atomic E-state index is 0.155. The maximum Gasteiger partial charge on any atom is -0.0104 e. The fourth-order valence-corrected chi connectivity index (χ4v) is 4.00. The van der Waals surface area contributed by atoms with Gasteiger partial charge in [0, 0.05) is 0 Å². The van der Waals surface area contributed by atoms with E-state index in [1.807, 2.05) is 24.3 Å². The van der Waals surface area contributed by atoms with Crippen LogP contribution in [0.2, 0.25) is 0 Å². The van der Waals surface area contributed by atoms with Gasteiger partial charge in [0.05, 0.1) is 0 Å². The quantitative estimate of drug-likeness (QED) is 0.284. The van der Waals surface area contributed by atoms with E-state index in [1.54, 1.807) is 0 Å². The molecule has 0 aliphatic carbocycles. The van der Waals surface area contributed by atoms with Crippen molar-refractivity contribution in [3.05, 3.63) is 68.0 Å². The summed E-state index contributed by atoms with van der Waals surface area (Å²) in [5.41, 5.74) is 3.34. The lowest BCUT2D eigenvalue weighted by Crippen LogP contribution is -1.80. The van der Waals surface area contributed by atoms with Gasteiger partial charge in [0.1, 0.15) is 0 Å². The Morgan fingerprint density at radius 1 is 0.647 bits per heavy atom. The van der Waals surface area contributed by atoms with E-state index in [-0.39, 0.29) is 15.8 Å². The molecule has 0 aromatic heterocycles. The molecule has 0 unspecified atom stereocenters. The lowest BCUT2D eigenvalue weighted by Gasteiger charge is -2.07. The third-order valence-electron chi connectivity index (χ3n) is 1.97. The Morgan fingerprint density at radius 3 is 1.18 bits per heavy atom. The van der Waals surface area contributed by atoms with Crippen LogP contribution in [0.25, 0.3) is 0 Å². The highest BCUT2D eigenvalue weighted by molar-refractivity contribution is 7.62. The van der Waals surface area contributed by atoms with Gasteiger partial charge in [-0.05, 0) is 36.3 Å². The minimum Gasteiger partial charge on any atom is -0.120 e. The molecule has 0 fully saturated rings. The van der Waals surface area contributed by atoms with Gasteiger partial charge in [-0.1, -0.05) is 40.1 Å². The molecule has 0 aromatic rings. The van der Waals surface area contributed by atoms with Crippen LogP contribution in [0.5, 0.6) is 0 Å². The molecule has 0 amide bonds. The van der Waals surface area contributed by atoms with Crippen molar-refractivity contribution < 1.29 is 0 Å². The summed E-state index contributed by atoms with van der Waals surface area (Å²) in [6, 6.07) is 0. The fraction of sp³-hybridized carbons (Fsp3) is 0.267. The normalized spacial score (nSPS) is 9.53. The zero-order chi connectivity index (χ0) is 12.9. The minimum atomic E-state index is -0.155.